The Bertz CT molecular complexity index is 897. The van der Waals surface area contributed by atoms with Crippen LogP contribution in [-0.2, 0) is 4.74 Å². The van der Waals surface area contributed by atoms with Gasteiger partial charge in [-0.05, 0) is 69.2 Å². The summed E-state index contributed by atoms with van der Waals surface area (Å²) < 4.78 is 19.8. The molecule has 1 heterocycles. The van der Waals surface area contributed by atoms with E-state index in [4.69, 9.17) is 4.74 Å². The molecule has 0 aliphatic heterocycles. The second-order valence-electron chi connectivity index (χ2n) is 9.42. The van der Waals surface area contributed by atoms with Crippen molar-refractivity contribution < 1.29 is 14.2 Å². The third kappa shape index (κ3) is 6.18. The molecule has 0 amide bonds. The zero-order chi connectivity index (χ0) is 22.6. The van der Waals surface area contributed by atoms with E-state index in [1.54, 1.807) is 13.2 Å². The molecule has 0 bridgehead atoms. The van der Waals surface area contributed by atoms with Gasteiger partial charge >= 0.3 is 0 Å². The normalized spacial score (nSPS) is 22.9. The molecule has 1 atom stereocenters. The Hall–Kier alpha value is -2.22. The number of halogens is 1. The number of pyridine rings is 1. The van der Waals surface area contributed by atoms with Crippen molar-refractivity contribution in [3.05, 3.63) is 42.3 Å². The minimum absolute atomic E-state index is 0.337. The van der Waals surface area contributed by atoms with E-state index in [1.807, 2.05) is 24.3 Å². The van der Waals surface area contributed by atoms with Crippen LogP contribution in [0.5, 0.6) is 0 Å². The van der Waals surface area contributed by atoms with E-state index in [9.17, 15) is 9.50 Å². The highest BCUT2D eigenvalue weighted by atomic mass is 19.1. The lowest BCUT2D eigenvalue weighted by atomic mass is 9.90. The highest BCUT2D eigenvalue weighted by Crippen LogP contribution is 2.35. The van der Waals surface area contributed by atoms with E-state index in [2.05, 4.69) is 27.9 Å². The van der Waals surface area contributed by atoms with Gasteiger partial charge in [0.1, 0.15) is 11.6 Å². The number of ether oxygens (including phenoxy) is 1. The van der Waals surface area contributed by atoms with Gasteiger partial charge in [-0.25, -0.2) is 9.37 Å². The minimum Gasteiger partial charge on any atom is -0.388 e. The summed E-state index contributed by atoms with van der Waals surface area (Å²) in [6.07, 6.45) is 7.25. The van der Waals surface area contributed by atoms with Crippen LogP contribution in [0, 0.1) is 5.82 Å². The molecule has 2 aromatic rings. The molecule has 1 aromatic heterocycles. The van der Waals surface area contributed by atoms with E-state index in [1.165, 1.54) is 6.20 Å². The predicted octanol–water partition coefficient (Wildman–Crippen LogP) is 4.17. The van der Waals surface area contributed by atoms with Crippen molar-refractivity contribution in [1.29, 1.82) is 0 Å². The van der Waals surface area contributed by atoms with Crippen LogP contribution in [0.1, 0.15) is 45.4 Å². The van der Waals surface area contributed by atoms with Gasteiger partial charge in [0.2, 0.25) is 0 Å². The summed E-state index contributed by atoms with van der Waals surface area (Å²) in [5, 5.41) is 20.4. The predicted molar refractivity (Wildman–Crippen MR) is 126 cm³/mol. The monoisotopic (exact) mass is 442 g/mol. The summed E-state index contributed by atoms with van der Waals surface area (Å²) in [5.41, 5.74) is 1.62. The first-order valence-electron chi connectivity index (χ1n) is 11.7. The molecule has 6 nitrogen and oxygen atoms in total. The molecule has 4 rings (SSSR count). The van der Waals surface area contributed by atoms with Crippen molar-refractivity contribution in [1.82, 2.24) is 10.3 Å². The molecule has 2 fully saturated rings. The zero-order valence-corrected chi connectivity index (χ0v) is 19.0. The molecule has 2 aliphatic carbocycles. The number of anilines is 2. The Morgan fingerprint density at radius 2 is 1.94 bits per heavy atom. The Morgan fingerprint density at radius 1 is 1.19 bits per heavy atom. The number of benzene rings is 1. The molecule has 1 unspecified atom stereocenters. The van der Waals surface area contributed by atoms with Crippen LogP contribution >= 0.6 is 0 Å². The second kappa shape index (κ2) is 10.1. The summed E-state index contributed by atoms with van der Waals surface area (Å²) in [5.74, 6) is 0.366. The average molecular weight is 443 g/mol. The largest absolute Gasteiger partial charge is 0.388 e. The number of hydrogen-bond donors (Lipinski definition) is 4. The van der Waals surface area contributed by atoms with Crippen molar-refractivity contribution in [2.24, 2.45) is 0 Å². The summed E-state index contributed by atoms with van der Waals surface area (Å²) in [6.45, 7) is 3.39. The van der Waals surface area contributed by atoms with E-state index in [-0.39, 0.29) is 5.82 Å². The first-order valence-corrected chi connectivity index (χ1v) is 11.7. The molecule has 0 spiro atoms. The fraction of sp³-hybridized carbons (Fsp3) is 0.560. The van der Waals surface area contributed by atoms with Gasteiger partial charge in [-0.15, -0.1) is 0 Å². The Labute approximate surface area is 190 Å². The lowest BCUT2D eigenvalue weighted by Gasteiger charge is -2.31. The second-order valence-corrected chi connectivity index (χ2v) is 9.42. The highest BCUT2D eigenvalue weighted by Gasteiger charge is 2.39. The molecule has 2 aliphatic rings. The maximum absolute atomic E-state index is 14.6. The SMILES string of the molecule is COCC(C)NC1CCC(Nc2cc(-c3cccc(NCC4(O)CC4)c3)c(F)cn2)CC1. The van der Waals surface area contributed by atoms with Gasteiger partial charge in [0, 0.05) is 43.0 Å². The van der Waals surface area contributed by atoms with Crippen LogP contribution in [0.4, 0.5) is 15.9 Å². The smallest absolute Gasteiger partial charge is 0.149 e. The average Bonchev–Trinajstić information content (AvgIpc) is 3.53. The van der Waals surface area contributed by atoms with Crippen LogP contribution < -0.4 is 16.0 Å². The lowest BCUT2D eigenvalue weighted by molar-refractivity contribution is 0.161. The standard InChI is InChI=1S/C25H35FN4O2/c1-17(15-32-2)29-19-6-8-20(9-7-19)30-24-13-22(23(26)14-27-24)18-4-3-5-21(12-18)28-16-25(31)10-11-25/h3-5,12-14,17,19-20,28-29,31H,6-11,15-16H2,1-2H3,(H,27,30). The number of rotatable bonds is 10. The molecule has 174 valence electrons. The van der Waals surface area contributed by atoms with Crippen LogP contribution in [0.3, 0.4) is 0 Å². The molecular weight excluding hydrogens is 407 g/mol. The van der Waals surface area contributed by atoms with E-state index in [0.717, 1.165) is 56.4 Å². The summed E-state index contributed by atoms with van der Waals surface area (Å²) in [6, 6.07) is 10.7. The van der Waals surface area contributed by atoms with Crippen LogP contribution in [0.25, 0.3) is 11.1 Å². The fourth-order valence-corrected chi connectivity index (χ4v) is 4.44. The molecule has 32 heavy (non-hydrogen) atoms. The molecule has 0 radical (unpaired) electrons. The van der Waals surface area contributed by atoms with Crippen LogP contribution in [0.15, 0.2) is 36.5 Å². The topological polar surface area (TPSA) is 78.4 Å². The Balaban J connectivity index is 1.36. The molecule has 0 saturated heterocycles. The molecular formula is C25H35FN4O2. The van der Waals surface area contributed by atoms with Crippen molar-refractivity contribution >= 4 is 11.5 Å². The molecule has 2 saturated carbocycles. The maximum atomic E-state index is 14.6. The van der Waals surface area contributed by atoms with E-state index in [0.29, 0.717) is 36.1 Å². The van der Waals surface area contributed by atoms with Gasteiger partial charge in [-0.3, -0.25) is 0 Å². The Kier molecular flexibility index (Phi) is 7.28. The number of nitrogens with one attached hydrogen (secondary N) is 3. The number of nitrogens with zero attached hydrogens (tertiary/aromatic N) is 1. The summed E-state index contributed by atoms with van der Waals surface area (Å²) >= 11 is 0. The minimum atomic E-state index is -0.578. The van der Waals surface area contributed by atoms with Crippen molar-refractivity contribution in [3.8, 4) is 11.1 Å². The molecule has 4 N–H and O–H groups in total. The van der Waals surface area contributed by atoms with Gasteiger partial charge < -0.3 is 25.8 Å². The summed E-state index contributed by atoms with van der Waals surface area (Å²) in [4.78, 5) is 4.28. The number of methoxy groups -OCH3 is 1. The number of hydrogen-bond acceptors (Lipinski definition) is 6. The highest BCUT2D eigenvalue weighted by molar-refractivity contribution is 5.70. The van der Waals surface area contributed by atoms with E-state index < -0.39 is 5.60 Å². The van der Waals surface area contributed by atoms with Crippen LogP contribution in [-0.4, -0.2) is 54.1 Å². The third-order valence-corrected chi connectivity index (χ3v) is 6.49. The van der Waals surface area contributed by atoms with Crippen molar-refractivity contribution in [2.75, 3.05) is 30.9 Å². The van der Waals surface area contributed by atoms with Gasteiger partial charge in [-0.2, -0.15) is 0 Å². The molecule has 7 heteroatoms. The van der Waals surface area contributed by atoms with Gasteiger partial charge in [-0.1, -0.05) is 12.1 Å². The van der Waals surface area contributed by atoms with Gasteiger partial charge in [0.15, 0.2) is 0 Å². The maximum Gasteiger partial charge on any atom is 0.149 e. The van der Waals surface area contributed by atoms with E-state index >= 15 is 0 Å². The van der Waals surface area contributed by atoms with Gasteiger partial charge in [0.25, 0.3) is 0 Å². The fourth-order valence-electron chi connectivity index (χ4n) is 4.44. The molecule has 1 aromatic carbocycles. The number of aliphatic hydroxyl groups is 1. The quantitative estimate of drug-likeness (QED) is 0.442. The van der Waals surface area contributed by atoms with Crippen molar-refractivity contribution in [2.45, 2.75) is 69.2 Å². The lowest BCUT2D eigenvalue weighted by Crippen LogP contribution is -2.42. The number of aromatic nitrogens is 1. The first kappa shape index (κ1) is 23.0. The van der Waals surface area contributed by atoms with Crippen molar-refractivity contribution in [3.63, 3.8) is 0 Å². The first-order chi connectivity index (χ1) is 15.4. The Morgan fingerprint density at radius 3 is 2.66 bits per heavy atom. The zero-order valence-electron chi connectivity index (χ0n) is 19.0. The third-order valence-electron chi connectivity index (χ3n) is 6.49. The van der Waals surface area contributed by atoms with Gasteiger partial charge in [0.05, 0.1) is 18.4 Å². The van der Waals surface area contributed by atoms with Crippen LogP contribution in [0.2, 0.25) is 0 Å². The summed E-state index contributed by atoms with van der Waals surface area (Å²) in [7, 11) is 1.73.